The van der Waals surface area contributed by atoms with Gasteiger partial charge in [-0.25, -0.2) is 17.5 Å². The number of hydrogen-bond donors (Lipinski definition) is 4. The molecule has 2 aromatic carbocycles. The van der Waals surface area contributed by atoms with Crippen LogP contribution in [0.1, 0.15) is 31.2 Å². The zero-order chi connectivity index (χ0) is 31.1. The van der Waals surface area contributed by atoms with Gasteiger partial charge in [0.2, 0.25) is 15.9 Å². The van der Waals surface area contributed by atoms with Gasteiger partial charge in [0.05, 0.1) is 41.2 Å². The van der Waals surface area contributed by atoms with Gasteiger partial charge in [-0.1, -0.05) is 25.0 Å². The van der Waals surface area contributed by atoms with Crippen LogP contribution in [0.2, 0.25) is 0 Å². The number of nitrogens with zero attached hydrogens (tertiary/aromatic N) is 3. The SMILES string of the molecule is CS(=O)(=O)NCc1cc(F)cc(-c2cccc3[nH]c(-c4n[nH]c5cnc(-c6cncc(NC(=O)C7CCCC7)c6)cc45)cc23)c1. The number of aromatic nitrogens is 5. The lowest BCUT2D eigenvalue weighted by atomic mass is 9.99. The smallest absolute Gasteiger partial charge is 0.227 e. The Morgan fingerprint density at radius 2 is 1.82 bits per heavy atom. The molecule has 0 aliphatic heterocycles. The molecule has 228 valence electrons. The van der Waals surface area contributed by atoms with E-state index in [1.807, 2.05) is 36.4 Å². The maximum absolute atomic E-state index is 14.6. The lowest BCUT2D eigenvalue weighted by molar-refractivity contribution is -0.119. The van der Waals surface area contributed by atoms with Crippen molar-refractivity contribution >= 4 is 43.4 Å². The highest BCUT2D eigenvalue weighted by atomic mass is 32.2. The Morgan fingerprint density at radius 1 is 0.978 bits per heavy atom. The highest BCUT2D eigenvalue weighted by molar-refractivity contribution is 7.88. The average Bonchev–Trinajstić information content (AvgIpc) is 3.79. The molecular formula is C33H30FN7O3S. The second-order valence-corrected chi connectivity index (χ2v) is 13.3. The zero-order valence-electron chi connectivity index (χ0n) is 24.4. The van der Waals surface area contributed by atoms with Gasteiger partial charge in [0.1, 0.15) is 11.5 Å². The van der Waals surface area contributed by atoms with Gasteiger partial charge < -0.3 is 10.3 Å². The number of pyridine rings is 2. The molecule has 0 bridgehead atoms. The van der Waals surface area contributed by atoms with Crippen molar-refractivity contribution in [1.82, 2.24) is 29.9 Å². The fourth-order valence-corrected chi connectivity index (χ4v) is 6.45. The molecule has 1 saturated carbocycles. The van der Waals surface area contributed by atoms with Crippen molar-refractivity contribution < 1.29 is 17.6 Å². The van der Waals surface area contributed by atoms with Gasteiger partial charge in [0.15, 0.2) is 0 Å². The topological polar surface area (TPSA) is 146 Å². The van der Waals surface area contributed by atoms with Gasteiger partial charge in [-0.2, -0.15) is 5.10 Å². The highest BCUT2D eigenvalue weighted by Gasteiger charge is 2.23. The van der Waals surface area contributed by atoms with Crippen LogP contribution in [-0.2, 0) is 21.4 Å². The first-order valence-corrected chi connectivity index (χ1v) is 16.6. The Balaban J connectivity index is 1.22. The third-order valence-corrected chi connectivity index (χ3v) is 8.87. The second kappa shape index (κ2) is 11.5. The second-order valence-electron chi connectivity index (χ2n) is 11.5. The van der Waals surface area contributed by atoms with E-state index in [1.165, 1.54) is 12.1 Å². The van der Waals surface area contributed by atoms with E-state index >= 15 is 0 Å². The lowest BCUT2D eigenvalue weighted by Crippen LogP contribution is -2.21. The van der Waals surface area contributed by atoms with E-state index < -0.39 is 15.8 Å². The third-order valence-electron chi connectivity index (χ3n) is 8.20. The van der Waals surface area contributed by atoms with Crippen LogP contribution in [0.5, 0.6) is 0 Å². The molecule has 0 spiro atoms. The van der Waals surface area contributed by atoms with Crippen LogP contribution in [-0.4, -0.2) is 45.7 Å². The Labute approximate surface area is 258 Å². The molecule has 1 amide bonds. The molecule has 1 aliphatic carbocycles. The van der Waals surface area contributed by atoms with E-state index in [0.717, 1.165) is 70.6 Å². The minimum Gasteiger partial charge on any atom is -0.353 e. The number of rotatable bonds is 8. The summed E-state index contributed by atoms with van der Waals surface area (Å²) in [4.78, 5) is 25.1. The quantitative estimate of drug-likeness (QED) is 0.160. The number of hydrogen-bond acceptors (Lipinski definition) is 6. The summed E-state index contributed by atoms with van der Waals surface area (Å²) in [5.41, 5.74) is 7.04. The van der Waals surface area contributed by atoms with Gasteiger partial charge in [0.25, 0.3) is 0 Å². The Hall–Kier alpha value is -4.94. The number of aromatic amines is 2. The predicted molar refractivity (Wildman–Crippen MR) is 172 cm³/mol. The number of carbonyl (C=O) groups excluding carboxylic acids is 1. The van der Waals surface area contributed by atoms with Gasteiger partial charge in [-0.15, -0.1) is 0 Å². The monoisotopic (exact) mass is 623 g/mol. The summed E-state index contributed by atoms with van der Waals surface area (Å²) in [6, 6.07) is 16.0. The number of carbonyl (C=O) groups is 1. The van der Waals surface area contributed by atoms with E-state index in [2.05, 4.69) is 35.2 Å². The largest absolute Gasteiger partial charge is 0.353 e. The van der Waals surface area contributed by atoms with Crippen molar-refractivity contribution in [3.8, 4) is 33.8 Å². The summed E-state index contributed by atoms with van der Waals surface area (Å²) in [6.07, 6.45) is 10.2. The minimum absolute atomic E-state index is 0.0150. The van der Waals surface area contributed by atoms with Crippen LogP contribution >= 0.6 is 0 Å². The molecule has 0 saturated heterocycles. The summed E-state index contributed by atoms with van der Waals surface area (Å²) >= 11 is 0. The molecule has 1 fully saturated rings. The first-order chi connectivity index (χ1) is 21.7. The van der Waals surface area contributed by atoms with Crippen LogP contribution in [0.15, 0.2) is 73.2 Å². The maximum atomic E-state index is 14.6. The fraction of sp³-hybridized carbons (Fsp3) is 0.212. The van der Waals surface area contributed by atoms with Crippen LogP contribution in [0, 0.1) is 11.7 Å². The Bertz CT molecular complexity index is 2190. The number of anilines is 1. The number of nitrogens with one attached hydrogen (secondary N) is 4. The van der Waals surface area contributed by atoms with E-state index in [1.54, 1.807) is 24.7 Å². The van der Waals surface area contributed by atoms with Gasteiger partial charge >= 0.3 is 0 Å². The molecule has 0 atom stereocenters. The zero-order valence-corrected chi connectivity index (χ0v) is 25.2. The fourth-order valence-electron chi connectivity index (χ4n) is 6.02. The molecule has 0 radical (unpaired) electrons. The van der Waals surface area contributed by atoms with Crippen LogP contribution in [0.3, 0.4) is 0 Å². The molecule has 10 nitrogen and oxygen atoms in total. The van der Waals surface area contributed by atoms with Gasteiger partial charge in [-0.05, 0) is 72.0 Å². The molecule has 7 rings (SSSR count). The van der Waals surface area contributed by atoms with Crippen molar-refractivity contribution in [2.75, 3.05) is 11.6 Å². The summed E-state index contributed by atoms with van der Waals surface area (Å²) in [6.45, 7) is -0.0150. The van der Waals surface area contributed by atoms with E-state index in [9.17, 15) is 17.6 Å². The Morgan fingerprint density at radius 3 is 2.64 bits per heavy atom. The van der Waals surface area contributed by atoms with Crippen LogP contribution < -0.4 is 10.0 Å². The first-order valence-electron chi connectivity index (χ1n) is 14.7. The third kappa shape index (κ3) is 6.06. The molecule has 1 aliphatic rings. The molecule has 0 unspecified atom stereocenters. The number of benzene rings is 2. The van der Waals surface area contributed by atoms with Crippen molar-refractivity contribution in [3.05, 3.63) is 84.6 Å². The number of halogens is 1. The molecular weight excluding hydrogens is 593 g/mol. The van der Waals surface area contributed by atoms with E-state index in [-0.39, 0.29) is 18.4 Å². The van der Waals surface area contributed by atoms with Crippen molar-refractivity contribution in [3.63, 3.8) is 0 Å². The number of sulfonamides is 1. The number of H-pyrrole nitrogens is 2. The minimum atomic E-state index is -3.43. The van der Waals surface area contributed by atoms with Crippen molar-refractivity contribution in [2.45, 2.75) is 32.2 Å². The van der Waals surface area contributed by atoms with Gasteiger partial charge in [0, 0.05) is 40.5 Å². The normalized spacial score (nSPS) is 14.0. The maximum Gasteiger partial charge on any atom is 0.227 e. The lowest BCUT2D eigenvalue weighted by Gasteiger charge is -2.11. The van der Waals surface area contributed by atoms with Crippen LogP contribution in [0.4, 0.5) is 10.1 Å². The standard InChI is InChI=1S/C33H30FN7O3S/c1-45(43,44)37-15-19-9-21(11-23(34)10-19)25-7-4-8-28-26(25)13-30(39-28)32-27-14-29(36-18-31(27)40-41-32)22-12-24(17-35-16-22)38-33(42)20-5-2-3-6-20/h4,7-14,16-18,20,37,39H,2-3,5-6,15H2,1H3,(H,38,42)(H,40,41). The highest BCUT2D eigenvalue weighted by Crippen LogP contribution is 2.35. The summed E-state index contributed by atoms with van der Waals surface area (Å²) in [7, 11) is -3.43. The average molecular weight is 624 g/mol. The van der Waals surface area contributed by atoms with Crippen molar-refractivity contribution in [1.29, 1.82) is 0 Å². The molecule has 4 aromatic heterocycles. The first kappa shape index (κ1) is 28.8. The summed E-state index contributed by atoms with van der Waals surface area (Å²) in [5.74, 6) is -0.376. The molecule has 4 N–H and O–H groups in total. The molecule has 12 heteroatoms. The predicted octanol–water partition coefficient (Wildman–Crippen LogP) is 6.15. The molecule has 4 heterocycles. The Kier molecular flexibility index (Phi) is 7.38. The van der Waals surface area contributed by atoms with Crippen molar-refractivity contribution in [2.24, 2.45) is 5.92 Å². The van der Waals surface area contributed by atoms with Crippen LogP contribution in [0.25, 0.3) is 55.6 Å². The summed E-state index contributed by atoms with van der Waals surface area (Å²) in [5, 5.41) is 12.3. The van der Waals surface area contributed by atoms with E-state index in [0.29, 0.717) is 28.2 Å². The number of fused-ring (bicyclic) bond motifs is 2. The van der Waals surface area contributed by atoms with Gasteiger partial charge in [-0.3, -0.25) is 19.9 Å². The summed E-state index contributed by atoms with van der Waals surface area (Å²) < 4.78 is 40.2. The molecule has 6 aromatic rings. The van der Waals surface area contributed by atoms with E-state index in [4.69, 9.17) is 0 Å². The molecule has 45 heavy (non-hydrogen) atoms. The number of amides is 1.